The number of nitrogens with zero attached hydrogens (tertiary/aromatic N) is 3. The van der Waals surface area contributed by atoms with Gasteiger partial charge in [0, 0.05) is 58.0 Å². The summed E-state index contributed by atoms with van der Waals surface area (Å²) in [7, 11) is 0. The van der Waals surface area contributed by atoms with E-state index >= 15 is 0 Å². The molecule has 0 aromatic rings. The summed E-state index contributed by atoms with van der Waals surface area (Å²) in [6.07, 6.45) is 0.423. The van der Waals surface area contributed by atoms with Crippen LogP contribution in [-0.2, 0) is 4.79 Å². The van der Waals surface area contributed by atoms with E-state index in [1.165, 1.54) is 11.8 Å². The van der Waals surface area contributed by atoms with Gasteiger partial charge in [-0.25, -0.2) is 0 Å². The van der Waals surface area contributed by atoms with Gasteiger partial charge in [-0.1, -0.05) is 11.8 Å². The first-order chi connectivity index (χ1) is 9.20. The van der Waals surface area contributed by atoms with E-state index in [2.05, 4.69) is 4.90 Å². The van der Waals surface area contributed by atoms with E-state index in [1.807, 2.05) is 4.90 Å². The van der Waals surface area contributed by atoms with E-state index in [4.69, 9.17) is 5.11 Å². The van der Waals surface area contributed by atoms with Gasteiger partial charge in [-0.05, 0) is 0 Å². The number of aliphatic hydroxyl groups excluding tert-OH is 1. The Labute approximate surface area is 117 Å². The third-order valence-electron chi connectivity index (χ3n) is 3.58. The molecule has 0 saturated carbocycles. The minimum absolute atomic E-state index is 0.0977. The number of aliphatic hydroxyl groups is 1. The highest BCUT2D eigenvalue weighted by atomic mass is 32.2. The Kier molecular flexibility index (Phi) is 5.47. The second-order valence-electron chi connectivity index (χ2n) is 4.80. The zero-order valence-corrected chi connectivity index (χ0v) is 11.9. The van der Waals surface area contributed by atoms with Crippen LogP contribution in [0.5, 0.6) is 0 Å². The molecule has 2 aliphatic rings. The van der Waals surface area contributed by atoms with Gasteiger partial charge in [0.1, 0.15) is 0 Å². The molecule has 0 atom stereocenters. The van der Waals surface area contributed by atoms with Crippen LogP contribution in [0.1, 0.15) is 6.42 Å². The molecule has 108 valence electrons. The zero-order valence-electron chi connectivity index (χ0n) is 11.1. The van der Waals surface area contributed by atoms with Crippen LogP contribution in [0, 0.1) is 0 Å². The number of amides is 2. The molecule has 0 aliphatic carbocycles. The Morgan fingerprint density at radius 1 is 1.16 bits per heavy atom. The second kappa shape index (κ2) is 7.12. The molecule has 6 nitrogen and oxygen atoms in total. The number of carbonyl (C=O) groups excluding carboxylic acids is 2. The number of hydrogen-bond acceptors (Lipinski definition) is 5. The Morgan fingerprint density at radius 3 is 2.47 bits per heavy atom. The van der Waals surface area contributed by atoms with Crippen LogP contribution in [-0.4, -0.2) is 89.1 Å². The minimum Gasteiger partial charge on any atom is -0.395 e. The summed E-state index contributed by atoms with van der Waals surface area (Å²) in [6.45, 7) is 5.26. The lowest BCUT2D eigenvalue weighted by Gasteiger charge is -2.34. The van der Waals surface area contributed by atoms with Gasteiger partial charge in [0.05, 0.1) is 6.61 Å². The largest absolute Gasteiger partial charge is 0.395 e. The van der Waals surface area contributed by atoms with Gasteiger partial charge in [0.25, 0.3) is 5.24 Å². The van der Waals surface area contributed by atoms with Gasteiger partial charge in [-0.3, -0.25) is 14.5 Å². The highest BCUT2D eigenvalue weighted by Gasteiger charge is 2.24. The number of carbonyl (C=O) groups is 2. The SMILES string of the molecule is O=C(CCN1CCSC1=O)N1CCN(CCO)CC1. The standard InChI is InChI=1S/C12H21N3O3S/c16-9-7-13-3-5-14(6-4-13)11(17)1-2-15-8-10-19-12(15)18/h16H,1-10H2. The second-order valence-corrected chi connectivity index (χ2v) is 5.84. The van der Waals surface area contributed by atoms with Crippen LogP contribution in [0.15, 0.2) is 0 Å². The summed E-state index contributed by atoms with van der Waals surface area (Å²) in [5.74, 6) is 0.973. The summed E-state index contributed by atoms with van der Waals surface area (Å²) in [4.78, 5) is 29.2. The fraction of sp³-hybridized carbons (Fsp3) is 0.833. The summed E-state index contributed by atoms with van der Waals surface area (Å²) in [6, 6.07) is 0. The third kappa shape index (κ3) is 4.09. The molecule has 0 aromatic heterocycles. The van der Waals surface area contributed by atoms with Crippen molar-refractivity contribution in [3.05, 3.63) is 0 Å². The van der Waals surface area contributed by atoms with Crippen molar-refractivity contribution < 1.29 is 14.7 Å². The number of piperazine rings is 1. The predicted molar refractivity (Wildman–Crippen MR) is 74.1 cm³/mol. The first-order valence-electron chi connectivity index (χ1n) is 6.73. The van der Waals surface area contributed by atoms with Crippen molar-refractivity contribution in [2.45, 2.75) is 6.42 Å². The van der Waals surface area contributed by atoms with Crippen LogP contribution in [0.2, 0.25) is 0 Å². The third-order valence-corrected chi connectivity index (χ3v) is 4.47. The Morgan fingerprint density at radius 2 is 1.89 bits per heavy atom. The van der Waals surface area contributed by atoms with Crippen molar-refractivity contribution >= 4 is 22.9 Å². The maximum Gasteiger partial charge on any atom is 0.281 e. The van der Waals surface area contributed by atoms with Gasteiger partial charge in [-0.2, -0.15) is 0 Å². The fourth-order valence-corrected chi connectivity index (χ4v) is 3.23. The summed E-state index contributed by atoms with van der Waals surface area (Å²) >= 11 is 1.33. The molecule has 1 N–H and O–H groups in total. The molecule has 7 heteroatoms. The van der Waals surface area contributed by atoms with Gasteiger partial charge in [0.2, 0.25) is 5.91 Å². The van der Waals surface area contributed by atoms with E-state index in [9.17, 15) is 9.59 Å². The first-order valence-corrected chi connectivity index (χ1v) is 7.72. The predicted octanol–water partition coefficient (Wildman–Crippen LogP) is -0.318. The monoisotopic (exact) mass is 287 g/mol. The highest BCUT2D eigenvalue weighted by molar-refractivity contribution is 8.13. The molecule has 0 spiro atoms. The highest BCUT2D eigenvalue weighted by Crippen LogP contribution is 2.17. The topological polar surface area (TPSA) is 64.1 Å². The molecular formula is C12H21N3O3S. The molecule has 0 bridgehead atoms. The molecule has 19 heavy (non-hydrogen) atoms. The van der Waals surface area contributed by atoms with Crippen molar-refractivity contribution in [3.63, 3.8) is 0 Å². The number of thioether (sulfide) groups is 1. The molecule has 2 amide bonds. The van der Waals surface area contributed by atoms with Gasteiger partial charge < -0.3 is 14.9 Å². The van der Waals surface area contributed by atoms with E-state index in [0.29, 0.717) is 19.5 Å². The van der Waals surface area contributed by atoms with E-state index in [0.717, 1.165) is 38.5 Å². The molecule has 2 saturated heterocycles. The lowest BCUT2D eigenvalue weighted by Crippen LogP contribution is -2.49. The minimum atomic E-state index is 0.0977. The summed E-state index contributed by atoms with van der Waals surface area (Å²) in [5.41, 5.74) is 0. The van der Waals surface area contributed by atoms with E-state index in [1.54, 1.807) is 4.90 Å². The molecule has 0 radical (unpaired) electrons. The molecule has 2 rings (SSSR count). The first kappa shape index (κ1) is 14.6. The molecule has 0 unspecified atom stereocenters. The van der Waals surface area contributed by atoms with Crippen molar-refractivity contribution in [1.82, 2.24) is 14.7 Å². The van der Waals surface area contributed by atoms with Crippen molar-refractivity contribution in [1.29, 1.82) is 0 Å². The zero-order chi connectivity index (χ0) is 13.7. The van der Waals surface area contributed by atoms with Gasteiger partial charge >= 0.3 is 0 Å². The van der Waals surface area contributed by atoms with Gasteiger partial charge in [-0.15, -0.1) is 0 Å². The molecule has 2 fully saturated rings. The van der Waals surface area contributed by atoms with E-state index < -0.39 is 0 Å². The molecule has 2 aliphatic heterocycles. The number of rotatable bonds is 5. The molecular weight excluding hydrogens is 266 g/mol. The molecule has 2 heterocycles. The van der Waals surface area contributed by atoms with Crippen LogP contribution in [0.4, 0.5) is 4.79 Å². The Bertz CT molecular complexity index is 332. The summed E-state index contributed by atoms with van der Waals surface area (Å²) < 4.78 is 0. The van der Waals surface area contributed by atoms with Crippen molar-refractivity contribution in [3.8, 4) is 0 Å². The maximum absolute atomic E-state index is 12.0. The lowest BCUT2D eigenvalue weighted by molar-refractivity contribution is -0.133. The average molecular weight is 287 g/mol. The quantitative estimate of drug-likeness (QED) is 0.751. The Hall–Kier alpha value is -0.790. The van der Waals surface area contributed by atoms with Crippen molar-refractivity contribution in [2.24, 2.45) is 0 Å². The fourth-order valence-electron chi connectivity index (χ4n) is 2.38. The van der Waals surface area contributed by atoms with Crippen LogP contribution in [0.3, 0.4) is 0 Å². The smallest absolute Gasteiger partial charge is 0.281 e. The maximum atomic E-state index is 12.0. The van der Waals surface area contributed by atoms with Crippen LogP contribution in [0.25, 0.3) is 0 Å². The van der Waals surface area contributed by atoms with Crippen molar-refractivity contribution in [2.75, 3.05) is 58.2 Å². The Balaban J connectivity index is 1.68. The van der Waals surface area contributed by atoms with Gasteiger partial charge in [0.15, 0.2) is 0 Å². The van der Waals surface area contributed by atoms with Crippen LogP contribution >= 0.6 is 11.8 Å². The lowest BCUT2D eigenvalue weighted by atomic mass is 10.2. The summed E-state index contributed by atoms with van der Waals surface area (Å²) in [5, 5.41) is 8.96. The van der Waals surface area contributed by atoms with Crippen LogP contribution < -0.4 is 0 Å². The number of β-amino-alcohol motifs (C(OH)–C–C–N with tert-alkyl or cyclic N) is 1. The normalized spacial score (nSPS) is 21.2. The molecule has 0 aromatic carbocycles. The average Bonchev–Trinajstić information content (AvgIpc) is 2.83. The number of hydrogen-bond donors (Lipinski definition) is 1. The van der Waals surface area contributed by atoms with E-state index in [-0.39, 0.29) is 17.8 Å².